The third-order valence-corrected chi connectivity index (χ3v) is 3.00. The first-order chi connectivity index (χ1) is 7.04. The number of methoxy groups -OCH3 is 1. The Kier molecular flexibility index (Phi) is 2.21. The van der Waals surface area contributed by atoms with Crippen molar-refractivity contribution in [1.82, 2.24) is 4.98 Å². The van der Waals surface area contributed by atoms with Crippen molar-refractivity contribution in [2.75, 3.05) is 30.9 Å². The molecule has 0 atom stereocenters. The Balaban J connectivity index is 2.44. The molecule has 0 fully saturated rings. The van der Waals surface area contributed by atoms with Gasteiger partial charge in [0.1, 0.15) is 0 Å². The molecule has 0 spiro atoms. The molecule has 0 saturated heterocycles. The highest BCUT2D eigenvalue weighted by molar-refractivity contribution is 5.70. The zero-order valence-electron chi connectivity index (χ0n) is 9.66. The fourth-order valence-electron chi connectivity index (χ4n) is 1.66. The number of ether oxygens (including phenoxy) is 1. The van der Waals surface area contributed by atoms with Gasteiger partial charge in [0.15, 0.2) is 5.82 Å². The maximum Gasteiger partial charge on any atom is 0.215 e. The number of fused-ring (bicyclic) bond motifs is 1. The van der Waals surface area contributed by atoms with Gasteiger partial charge in [0.05, 0.1) is 18.3 Å². The standard InChI is InChI=1S/C11H17N3O/c1-11(2)7-12-8-5-6-9(15-4)13-10(8)14(11)3/h5-6,12H,7H2,1-4H3. The molecule has 0 radical (unpaired) electrons. The molecule has 0 bridgehead atoms. The van der Waals surface area contributed by atoms with Crippen LogP contribution in [-0.4, -0.2) is 31.2 Å². The maximum atomic E-state index is 5.13. The van der Waals surface area contributed by atoms with E-state index in [1.165, 1.54) is 0 Å². The van der Waals surface area contributed by atoms with Crippen molar-refractivity contribution in [2.45, 2.75) is 19.4 Å². The molecule has 2 rings (SSSR count). The molecule has 1 aliphatic rings. The van der Waals surface area contributed by atoms with Gasteiger partial charge in [-0.2, -0.15) is 4.98 Å². The van der Waals surface area contributed by atoms with Crippen LogP contribution < -0.4 is 15.0 Å². The van der Waals surface area contributed by atoms with E-state index in [0.717, 1.165) is 18.1 Å². The summed E-state index contributed by atoms with van der Waals surface area (Å²) in [6.45, 7) is 5.29. The zero-order valence-corrected chi connectivity index (χ0v) is 9.66. The van der Waals surface area contributed by atoms with Crippen LogP contribution in [0.3, 0.4) is 0 Å². The van der Waals surface area contributed by atoms with Crippen LogP contribution in [0.25, 0.3) is 0 Å². The van der Waals surface area contributed by atoms with Gasteiger partial charge in [-0.3, -0.25) is 0 Å². The van der Waals surface area contributed by atoms with Gasteiger partial charge in [0.25, 0.3) is 0 Å². The maximum absolute atomic E-state index is 5.13. The van der Waals surface area contributed by atoms with Gasteiger partial charge < -0.3 is 15.0 Å². The van der Waals surface area contributed by atoms with Crippen molar-refractivity contribution >= 4 is 11.5 Å². The third kappa shape index (κ3) is 1.60. The minimum atomic E-state index is 0.0758. The Morgan fingerprint density at radius 2 is 2.20 bits per heavy atom. The SMILES string of the molecule is COc1ccc2c(n1)N(C)C(C)(C)CN2. The number of hydrogen-bond donors (Lipinski definition) is 1. The van der Waals surface area contributed by atoms with Gasteiger partial charge in [-0.1, -0.05) is 0 Å². The highest BCUT2D eigenvalue weighted by Crippen LogP contribution is 2.34. The van der Waals surface area contributed by atoms with Crippen LogP contribution in [-0.2, 0) is 0 Å². The van der Waals surface area contributed by atoms with Crippen LogP contribution in [0.15, 0.2) is 12.1 Å². The number of likely N-dealkylation sites (N-methyl/N-ethyl adjacent to an activating group) is 1. The summed E-state index contributed by atoms with van der Waals surface area (Å²) in [5.74, 6) is 1.60. The average Bonchev–Trinajstić information content (AvgIpc) is 2.24. The van der Waals surface area contributed by atoms with E-state index in [1.807, 2.05) is 12.1 Å². The van der Waals surface area contributed by atoms with E-state index in [2.05, 4.69) is 36.1 Å². The van der Waals surface area contributed by atoms with Crippen molar-refractivity contribution in [3.05, 3.63) is 12.1 Å². The second kappa shape index (κ2) is 3.29. The fourth-order valence-corrected chi connectivity index (χ4v) is 1.66. The van der Waals surface area contributed by atoms with Crippen molar-refractivity contribution in [3.63, 3.8) is 0 Å². The topological polar surface area (TPSA) is 37.4 Å². The lowest BCUT2D eigenvalue weighted by Crippen LogP contribution is -2.50. The summed E-state index contributed by atoms with van der Waals surface area (Å²) in [5.41, 5.74) is 1.14. The molecule has 4 heteroatoms. The van der Waals surface area contributed by atoms with E-state index >= 15 is 0 Å². The van der Waals surface area contributed by atoms with E-state index in [9.17, 15) is 0 Å². The molecular weight excluding hydrogens is 190 g/mol. The zero-order chi connectivity index (χ0) is 11.1. The van der Waals surface area contributed by atoms with Gasteiger partial charge in [0.2, 0.25) is 5.88 Å². The molecule has 0 aliphatic carbocycles. The van der Waals surface area contributed by atoms with E-state index in [1.54, 1.807) is 7.11 Å². The number of anilines is 2. The number of pyridine rings is 1. The Bertz CT molecular complexity index is 376. The van der Waals surface area contributed by atoms with Gasteiger partial charge in [0, 0.05) is 19.7 Å². The lowest BCUT2D eigenvalue weighted by atomic mass is 10.0. The first kappa shape index (κ1) is 10.1. The highest BCUT2D eigenvalue weighted by atomic mass is 16.5. The molecule has 15 heavy (non-hydrogen) atoms. The van der Waals surface area contributed by atoms with Gasteiger partial charge in [-0.25, -0.2) is 0 Å². The van der Waals surface area contributed by atoms with Crippen LogP contribution in [0.5, 0.6) is 5.88 Å². The predicted octanol–water partition coefficient (Wildman–Crippen LogP) is 1.73. The third-order valence-electron chi connectivity index (χ3n) is 3.00. The number of rotatable bonds is 1. The molecule has 1 aromatic heterocycles. The Morgan fingerprint density at radius 3 is 2.87 bits per heavy atom. The second-order valence-electron chi connectivity index (χ2n) is 4.45. The van der Waals surface area contributed by atoms with Crippen LogP contribution in [0.2, 0.25) is 0 Å². The van der Waals surface area contributed by atoms with Crippen molar-refractivity contribution < 1.29 is 4.74 Å². The Morgan fingerprint density at radius 1 is 1.47 bits per heavy atom. The van der Waals surface area contributed by atoms with Crippen molar-refractivity contribution in [3.8, 4) is 5.88 Å². The van der Waals surface area contributed by atoms with Gasteiger partial charge in [-0.15, -0.1) is 0 Å². The number of nitrogens with one attached hydrogen (secondary N) is 1. The molecule has 4 nitrogen and oxygen atoms in total. The number of aromatic nitrogens is 1. The molecule has 1 aliphatic heterocycles. The summed E-state index contributed by atoms with van der Waals surface area (Å²) in [7, 11) is 3.70. The summed E-state index contributed by atoms with van der Waals surface area (Å²) >= 11 is 0. The molecular formula is C11H17N3O. The second-order valence-corrected chi connectivity index (χ2v) is 4.45. The molecule has 82 valence electrons. The smallest absolute Gasteiger partial charge is 0.215 e. The van der Waals surface area contributed by atoms with Gasteiger partial charge >= 0.3 is 0 Å². The lowest BCUT2D eigenvalue weighted by Gasteiger charge is -2.42. The molecule has 2 heterocycles. The lowest BCUT2D eigenvalue weighted by molar-refractivity contribution is 0.395. The number of hydrogen-bond acceptors (Lipinski definition) is 4. The molecule has 0 aromatic carbocycles. The monoisotopic (exact) mass is 207 g/mol. The summed E-state index contributed by atoms with van der Waals surface area (Å²) in [4.78, 5) is 6.63. The largest absolute Gasteiger partial charge is 0.481 e. The highest BCUT2D eigenvalue weighted by Gasteiger charge is 2.31. The van der Waals surface area contributed by atoms with E-state index in [0.29, 0.717) is 5.88 Å². The minimum Gasteiger partial charge on any atom is -0.481 e. The predicted molar refractivity (Wildman–Crippen MR) is 61.8 cm³/mol. The molecule has 1 aromatic rings. The summed E-state index contributed by atoms with van der Waals surface area (Å²) < 4.78 is 5.13. The quantitative estimate of drug-likeness (QED) is 0.761. The van der Waals surface area contributed by atoms with Crippen molar-refractivity contribution in [1.29, 1.82) is 0 Å². The Hall–Kier alpha value is -1.45. The van der Waals surface area contributed by atoms with Crippen LogP contribution in [0, 0.1) is 0 Å². The van der Waals surface area contributed by atoms with E-state index in [4.69, 9.17) is 4.74 Å². The first-order valence-electron chi connectivity index (χ1n) is 5.07. The van der Waals surface area contributed by atoms with E-state index in [-0.39, 0.29) is 5.54 Å². The number of nitrogens with zero attached hydrogens (tertiary/aromatic N) is 2. The van der Waals surface area contributed by atoms with Crippen LogP contribution >= 0.6 is 0 Å². The summed E-state index contributed by atoms with van der Waals surface area (Å²) in [5, 5.41) is 3.37. The van der Waals surface area contributed by atoms with Gasteiger partial charge in [-0.05, 0) is 19.9 Å². The molecule has 0 unspecified atom stereocenters. The summed E-state index contributed by atoms with van der Waals surface area (Å²) in [6, 6.07) is 3.88. The Labute approximate surface area is 90.3 Å². The minimum absolute atomic E-state index is 0.0758. The van der Waals surface area contributed by atoms with Crippen molar-refractivity contribution in [2.24, 2.45) is 0 Å². The molecule has 0 saturated carbocycles. The average molecular weight is 207 g/mol. The first-order valence-corrected chi connectivity index (χ1v) is 5.07. The molecule has 1 N–H and O–H groups in total. The van der Waals surface area contributed by atoms with Crippen LogP contribution in [0.4, 0.5) is 11.5 Å². The van der Waals surface area contributed by atoms with E-state index < -0.39 is 0 Å². The normalized spacial score (nSPS) is 18.0. The molecule has 0 amide bonds. The fraction of sp³-hybridized carbons (Fsp3) is 0.545. The van der Waals surface area contributed by atoms with Crippen LogP contribution in [0.1, 0.15) is 13.8 Å². The summed E-state index contributed by atoms with van der Waals surface area (Å²) in [6.07, 6.45) is 0.